The summed E-state index contributed by atoms with van der Waals surface area (Å²) in [5.41, 5.74) is 6.23. The van der Waals surface area contributed by atoms with Gasteiger partial charge in [0.2, 0.25) is 5.91 Å². The topological polar surface area (TPSA) is 130 Å². The van der Waals surface area contributed by atoms with Crippen molar-refractivity contribution in [1.29, 1.82) is 0 Å². The third kappa shape index (κ3) is 3.36. The van der Waals surface area contributed by atoms with E-state index in [1.165, 1.54) is 0 Å². The number of aromatic nitrogens is 8. The molecule has 1 amide bonds. The Morgan fingerprint density at radius 2 is 2.00 bits per heavy atom. The van der Waals surface area contributed by atoms with Gasteiger partial charge < -0.3 is 5.73 Å². The number of aryl methyl sites for hydroxylation is 1. The molecule has 0 radical (unpaired) electrons. The van der Waals surface area contributed by atoms with Crippen molar-refractivity contribution >= 4 is 5.91 Å². The highest BCUT2D eigenvalue weighted by Crippen LogP contribution is 2.19. The Morgan fingerprint density at radius 3 is 2.65 bits per heavy atom. The Morgan fingerprint density at radius 1 is 1.22 bits per heavy atom. The van der Waals surface area contributed by atoms with Crippen LogP contribution >= 0.6 is 0 Å². The third-order valence-electron chi connectivity index (χ3n) is 3.29. The summed E-state index contributed by atoms with van der Waals surface area (Å²) in [6.07, 6.45) is 0.592. The minimum absolute atomic E-state index is 0.125. The Kier molecular flexibility index (Phi) is 4.04. The second kappa shape index (κ2) is 6.30. The van der Waals surface area contributed by atoms with Gasteiger partial charge in [0.1, 0.15) is 18.4 Å². The van der Waals surface area contributed by atoms with Crippen molar-refractivity contribution < 1.29 is 4.79 Å². The van der Waals surface area contributed by atoms with Crippen molar-refractivity contribution in [2.75, 3.05) is 0 Å². The first-order chi connectivity index (χ1) is 11.1. The van der Waals surface area contributed by atoms with E-state index >= 15 is 0 Å². The first kappa shape index (κ1) is 14.8. The lowest BCUT2D eigenvalue weighted by Gasteiger charge is -2.14. The molecule has 0 aliphatic heterocycles. The van der Waals surface area contributed by atoms with Crippen LogP contribution in [-0.2, 0) is 17.8 Å². The molecule has 0 bridgehead atoms. The molecule has 0 fully saturated rings. The predicted octanol–water partition coefficient (Wildman–Crippen LogP) is -0.715. The summed E-state index contributed by atoms with van der Waals surface area (Å²) in [6.45, 7) is 1.67. The highest BCUT2D eigenvalue weighted by molar-refractivity contribution is 5.73. The zero-order valence-electron chi connectivity index (χ0n) is 12.4. The lowest BCUT2D eigenvalue weighted by Crippen LogP contribution is -2.21. The van der Waals surface area contributed by atoms with E-state index in [1.54, 1.807) is 11.6 Å². The van der Waals surface area contributed by atoms with Gasteiger partial charge in [-0.2, -0.15) is 4.80 Å². The number of hydrogen-bond acceptors (Lipinski definition) is 7. The molecule has 2 N–H and O–H groups in total. The molecule has 3 aromatic rings. The number of primary amides is 1. The van der Waals surface area contributed by atoms with Crippen LogP contribution in [-0.4, -0.2) is 46.3 Å². The van der Waals surface area contributed by atoms with E-state index in [1.807, 2.05) is 30.3 Å². The maximum Gasteiger partial charge on any atom is 0.241 e. The number of amides is 1. The van der Waals surface area contributed by atoms with Gasteiger partial charge in [0.15, 0.2) is 5.82 Å². The van der Waals surface area contributed by atoms with E-state index in [0.717, 1.165) is 10.4 Å². The van der Waals surface area contributed by atoms with Crippen molar-refractivity contribution in [2.45, 2.75) is 25.9 Å². The van der Waals surface area contributed by atoms with Gasteiger partial charge >= 0.3 is 0 Å². The Labute approximate surface area is 131 Å². The molecule has 1 atom stereocenters. The summed E-state index contributed by atoms with van der Waals surface area (Å²) in [5.74, 6) is 0.523. The van der Waals surface area contributed by atoms with Gasteiger partial charge in [0.05, 0.1) is 0 Å². The summed E-state index contributed by atoms with van der Waals surface area (Å²) < 4.78 is 1.64. The lowest BCUT2D eigenvalue weighted by molar-refractivity contribution is -0.118. The molecule has 0 spiro atoms. The summed E-state index contributed by atoms with van der Waals surface area (Å²) in [5, 5.41) is 23.7. The number of carbonyl (C=O) groups is 1. The third-order valence-corrected chi connectivity index (χ3v) is 3.29. The van der Waals surface area contributed by atoms with Crippen LogP contribution < -0.4 is 5.73 Å². The number of tetrazole rings is 2. The second-order valence-electron chi connectivity index (χ2n) is 5.02. The highest BCUT2D eigenvalue weighted by Gasteiger charge is 2.23. The van der Waals surface area contributed by atoms with Crippen molar-refractivity contribution in [3.05, 3.63) is 47.5 Å². The van der Waals surface area contributed by atoms with Crippen molar-refractivity contribution in [3.8, 4) is 0 Å². The largest absolute Gasteiger partial charge is 0.368 e. The molecule has 0 aliphatic rings. The summed E-state index contributed by atoms with van der Waals surface area (Å²) in [6, 6.07) is 9.53. The molecular weight excluding hydrogens is 298 g/mol. The molecule has 2 heterocycles. The minimum atomic E-state index is -0.535. The van der Waals surface area contributed by atoms with E-state index in [2.05, 4.69) is 30.9 Å². The highest BCUT2D eigenvalue weighted by atomic mass is 16.1. The molecule has 23 heavy (non-hydrogen) atoms. The van der Waals surface area contributed by atoms with Gasteiger partial charge in [0, 0.05) is 6.42 Å². The zero-order valence-corrected chi connectivity index (χ0v) is 12.4. The van der Waals surface area contributed by atoms with Crippen molar-refractivity contribution in [2.24, 2.45) is 5.73 Å². The number of hydrogen-bond donors (Lipinski definition) is 1. The number of nitrogens with two attached hydrogens (primary N) is 1. The quantitative estimate of drug-likeness (QED) is 0.635. The van der Waals surface area contributed by atoms with Crippen LogP contribution in [0.15, 0.2) is 30.3 Å². The smallest absolute Gasteiger partial charge is 0.241 e. The van der Waals surface area contributed by atoms with Gasteiger partial charge in [-0.15, -0.1) is 15.3 Å². The minimum Gasteiger partial charge on any atom is -0.368 e. The Bertz CT molecular complexity index is 795. The van der Waals surface area contributed by atoms with Crippen molar-refractivity contribution in [1.82, 2.24) is 40.4 Å². The Balaban J connectivity index is 1.93. The van der Waals surface area contributed by atoms with E-state index in [4.69, 9.17) is 5.73 Å². The van der Waals surface area contributed by atoms with Crippen LogP contribution in [0.25, 0.3) is 0 Å². The molecular formula is C13H15N9O. The molecule has 10 heteroatoms. The number of rotatable bonds is 6. The average Bonchev–Trinajstić information content (AvgIpc) is 3.15. The molecule has 2 aromatic heterocycles. The SMILES string of the molecule is Cc1nnnn1C(Cc1ccccc1)c1nnn(CC(N)=O)n1. The summed E-state index contributed by atoms with van der Waals surface area (Å²) >= 11 is 0. The number of benzene rings is 1. The molecule has 1 unspecified atom stereocenters. The standard InChI is InChI=1S/C13H15N9O/c1-9-15-18-20-22(9)11(7-10-5-3-2-4-6-10)13-16-19-21(17-13)8-12(14)23/h2-6,11H,7-8H2,1H3,(H2,14,23). The van der Waals surface area contributed by atoms with Gasteiger partial charge in [-0.3, -0.25) is 4.79 Å². The van der Waals surface area contributed by atoms with Gasteiger partial charge in [-0.05, 0) is 28.1 Å². The van der Waals surface area contributed by atoms with Gasteiger partial charge in [0.25, 0.3) is 0 Å². The maximum atomic E-state index is 11.0. The monoisotopic (exact) mass is 313 g/mol. The molecule has 0 saturated carbocycles. The summed E-state index contributed by atoms with van der Waals surface area (Å²) in [4.78, 5) is 12.1. The number of carbonyl (C=O) groups excluding carboxylic acids is 1. The fourth-order valence-electron chi connectivity index (χ4n) is 2.25. The van der Waals surface area contributed by atoms with Crippen LogP contribution in [0.5, 0.6) is 0 Å². The van der Waals surface area contributed by atoms with E-state index in [-0.39, 0.29) is 12.6 Å². The van der Waals surface area contributed by atoms with Crippen LogP contribution in [0.1, 0.15) is 23.3 Å². The zero-order chi connectivity index (χ0) is 16.2. The van der Waals surface area contributed by atoms with Crippen LogP contribution in [0.3, 0.4) is 0 Å². The second-order valence-corrected chi connectivity index (χ2v) is 5.02. The average molecular weight is 313 g/mol. The van der Waals surface area contributed by atoms with Crippen molar-refractivity contribution in [3.63, 3.8) is 0 Å². The first-order valence-electron chi connectivity index (χ1n) is 6.98. The van der Waals surface area contributed by atoms with E-state index in [9.17, 15) is 4.79 Å². The Hall–Kier alpha value is -3.17. The van der Waals surface area contributed by atoms with E-state index < -0.39 is 5.91 Å². The molecule has 3 rings (SSSR count). The molecule has 1 aromatic carbocycles. The summed E-state index contributed by atoms with van der Waals surface area (Å²) in [7, 11) is 0. The van der Waals surface area contributed by atoms with Crippen LogP contribution in [0.4, 0.5) is 0 Å². The first-order valence-corrected chi connectivity index (χ1v) is 6.98. The van der Waals surface area contributed by atoms with Crippen LogP contribution in [0.2, 0.25) is 0 Å². The predicted molar refractivity (Wildman–Crippen MR) is 77.9 cm³/mol. The maximum absolute atomic E-state index is 11.0. The normalized spacial score (nSPS) is 12.2. The lowest BCUT2D eigenvalue weighted by atomic mass is 10.1. The molecule has 0 saturated heterocycles. The molecule has 10 nitrogen and oxygen atoms in total. The number of nitrogens with zero attached hydrogens (tertiary/aromatic N) is 8. The van der Waals surface area contributed by atoms with Gasteiger partial charge in [-0.1, -0.05) is 30.3 Å². The van der Waals surface area contributed by atoms with Gasteiger partial charge in [-0.25, -0.2) is 4.68 Å². The van der Waals surface area contributed by atoms with E-state index in [0.29, 0.717) is 18.1 Å². The molecule has 118 valence electrons. The fraction of sp³-hybridized carbons (Fsp3) is 0.308. The molecule has 0 aliphatic carbocycles. The fourth-order valence-corrected chi connectivity index (χ4v) is 2.25. The van der Waals surface area contributed by atoms with Crippen LogP contribution in [0, 0.1) is 6.92 Å².